The number of carbonyl (C=O) groups excluding carboxylic acids is 2. The lowest BCUT2D eigenvalue weighted by atomic mass is 10.0. The van der Waals surface area contributed by atoms with E-state index in [0.29, 0.717) is 12.1 Å². The van der Waals surface area contributed by atoms with Crippen molar-refractivity contribution in [2.75, 3.05) is 13.1 Å². The number of hydrogen-bond acceptors (Lipinski definition) is 4. The number of rotatable bonds is 8. The fourth-order valence-corrected chi connectivity index (χ4v) is 2.38. The van der Waals surface area contributed by atoms with Crippen LogP contribution < -0.4 is 10.6 Å². The van der Waals surface area contributed by atoms with Gasteiger partial charge in [0.05, 0.1) is 4.92 Å². The van der Waals surface area contributed by atoms with Crippen LogP contribution in [0.15, 0.2) is 54.6 Å². The second kappa shape index (κ2) is 9.31. The maximum atomic E-state index is 11.9. The number of benzene rings is 2. The second-order valence-corrected chi connectivity index (χ2v) is 5.93. The highest BCUT2D eigenvalue weighted by atomic mass is 16.6. The van der Waals surface area contributed by atoms with Gasteiger partial charge in [0, 0.05) is 37.2 Å². The van der Waals surface area contributed by atoms with Gasteiger partial charge in [0.2, 0.25) is 5.91 Å². The summed E-state index contributed by atoms with van der Waals surface area (Å²) in [4.78, 5) is 33.9. The number of nitrogens with zero attached hydrogens (tertiary/aromatic N) is 1. The Morgan fingerprint density at radius 3 is 2.31 bits per heavy atom. The fourth-order valence-electron chi connectivity index (χ4n) is 2.38. The summed E-state index contributed by atoms with van der Waals surface area (Å²) in [6.07, 6.45) is 0.167. The number of non-ortho nitro benzene ring substituents is 1. The summed E-state index contributed by atoms with van der Waals surface area (Å²) in [5, 5.41) is 16.1. The van der Waals surface area contributed by atoms with E-state index in [2.05, 4.69) is 10.6 Å². The molecule has 2 amide bonds. The Kier molecular flexibility index (Phi) is 6.84. The summed E-state index contributed by atoms with van der Waals surface area (Å²) in [5.74, 6) is -0.308. The molecule has 1 atom stereocenters. The van der Waals surface area contributed by atoms with Gasteiger partial charge >= 0.3 is 0 Å². The molecule has 7 heteroatoms. The predicted octanol–water partition coefficient (Wildman–Crippen LogP) is 2.63. The maximum Gasteiger partial charge on any atom is 0.269 e. The number of carbonyl (C=O) groups is 2. The molecule has 2 rings (SSSR count). The summed E-state index contributed by atoms with van der Waals surface area (Å²) in [6.45, 7) is 2.76. The van der Waals surface area contributed by atoms with Gasteiger partial charge in [-0.3, -0.25) is 19.7 Å². The molecule has 0 heterocycles. The quantitative estimate of drug-likeness (QED) is 0.561. The summed E-state index contributed by atoms with van der Waals surface area (Å²) in [5.41, 5.74) is 1.39. The van der Waals surface area contributed by atoms with Crippen molar-refractivity contribution in [2.24, 2.45) is 0 Å². The van der Waals surface area contributed by atoms with Crippen molar-refractivity contribution in [1.82, 2.24) is 10.6 Å². The van der Waals surface area contributed by atoms with Crippen molar-refractivity contribution in [3.8, 4) is 0 Å². The largest absolute Gasteiger partial charge is 0.355 e. The molecule has 0 spiro atoms. The van der Waals surface area contributed by atoms with E-state index in [1.165, 1.54) is 24.3 Å². The third kappa shape index (κ3) is 5.70. The molecule has 2 N–H and O–H groups in total. The van der Waals surface area contributed by atoms with Gasteiger partial charge in [-0.05, 0) is 23.6 Å². The molecule has 0 fully saturated rings. The molecule has 0 bridgehead atoms. The normalized spacial score (nSPS) is 11.4. The summed E-state index contributed by atoms with van der Waals surface area (Å²) >= 11 is 0. The first-order chi connectivity index (χ1) is 12.5. The maximum absolute atomic E-state index is 11.9. The summed E-state index contributed by atoms with van der Waals surface area (Å²) < 4.78 is 0. The van der Waals surface area contributed by atoms with E-state index in [0.717, 1.165) is 5.56 Å². The Balaban J connectivity index is 1.70. The van der Waals surface area contributed by atoms with E-state index < -0.39 is 4.92 Å². The third-order valence-electron chi connectivity index (χ3n) is 3.95. The van der Waals surface area contributed by atoms with Gasteiger partial charge in [0.1, 0.15) is 0 Å². The van der Waals surface area contributed by atoms with Gasteiger partial charge in [-0.2, -0.15) is 0 Å². The molecule has 2 aromatic carbocycles. The first-order valence-corrected chi connectivity index (χ1v) is 8.31. The Hall–Kier alpha value is -3.22. The van der Waals surface area contributed by atoms with Crippen molar-refractivity contribution < 1.29 is 14.5 Å². The Morgan fingerprint density at radius 1 is 1.04 bits per heavy atom. The van der Waals surface area contributed by atoms with E-state index in [1.54, 1.807) is 0 Å². The fraction of sp³-hybridized carbons (Fsp3) is 0.263. The molecule has 0 aliphatic rings. The lowest BCUT2D eigenvalue weighted by Gasteiger charge is -2.13. The monoisotopic (exact) mass is 355 g/mol. The lowest BCUT2D eigenvalue weighted by molar-refractivity contribution is -0.384. The molecule has 0 aromatic heterocycles. The van der Waals surface area contributed by atoms with E-state index >= 15 is 0 Å². The molecular formula is C19H21N3O4. The van der Waals surface area contributed by atoms with Gasteiger partial charge in [-0.15, -0.1) is 0 Å². The van der Waals surface area contributed by atoms with Crippen LogP contribution in [0.5, 0.6) is 0 Å². The second-order valence-electron chi connectivity index (χ2n) is 5.93. The van der Waals surface area contributed by atoms with Crippen molar-refractivity contribution in [2.45, 2.75) is 19.3 Å². The molecule has 136 valence electrons. The van der Waals surface area contributed by atoms with Gasteiger partial charge in [0.25, 0.3) is 11.6 Å². The molecular weight excluding hydrogens is 334 g/mol. The highest BCUT2D eigenvalue weighted by molar-refractivity contribution is 5.94. The Bertz CT molecular complexity index is 760. The zero-order chi connectivity index (χ0) is 18.9. The van der Waals surface area contributed by atoms with Crippen LogP contribution in [0.3, 0.4) is 0 Å². The molecule has 0 saturated carbocycles. The van der Waals surface area contributed by atoms with E-state index in [4.69, 9.17) is 0 Å². The van der Waals surface area contributed by atoms with Crippen LogP contribution in [-0.2, 0) is 4.79 Å². The molecule has 26 heavy (non-hydrogen) atoms. The molecule has 2 aromatic rings. The van der Waals surface area contributed by atoms with Crippen LogP contribution in [0.25, 0.3) is 0 Å². The topological polar surface area (TPSA) is 101 Å². The average Bonchev–Trinajstić information content (AvgIpc) is 2.66. The van der Waals surface area contributed by atoms with Gasteiger partial charge in [-0.1, -0.05) is 37.3 Å². The minimum Gasteiger partial charge on any atom is -0.355 e. The zero-order valence-electron chi connectivity index (χ0n) is 14.5. The standard InChI is InChI=1S/C19H21N3O4/c1-14(15-5-3-2-4-6-15)13-21-18(23)11-12-20-19(24)16-7-9-17(10-8-16)22(25)26/h2-10,14H,11-13H2,1H3,(H,20,24)(H,21,23). The molecule has 0 aliphatic carbocycles. The lowest BCUT2D eigenvalue weighted by Crippen LogP contribution is -2.32. The van der Waals surface area contributed by atoms with Crippen molar-refractivity contribution >= 4 is 17.5 Å². The Labute approximate surface area is 151 Å². The van der Waals surface area contributed by atoms with Crippen LogP contribution in [0.4, 0.5) is 5.69 Å². The summed E-state index contributed by atoms with van der Waals surface area (Å²) in [7, 11) is 0. The first-order valence-electron chi connectivity index (χ1n) is 8.31. The minimum atomic E-state index is -0.525. The van der Waals surface area contributed by atoms with Crippen LogP contribution in [0.1, 0.15) is 35.2 Å². The highest BCUT2D eigenvalue weighted by Crippen LogP contribution is 2.13. The van der Waals surface area contributed by atoms with E-state index in [-0.39, 0.29) is 36.4 Å². The third-order valence-corrected chi connectivity index (χ3v) is 3.95. The van der Waals surface area contributed by atoms with Gasteiger partial charge in [0.15, 0.2) is 0 Å². The zero-order valence-corrected chi connectivity index (χ0v) is 14.5. The van der Waals surface area contributed by atoms with E-state index in [9.17, 15) is 19.7 Å². The number of hydrogen-bond donors (Lipinski definition) is 2. The van der Waals surface area contributed by atoms with Crippen molar-refractivity contribution in [1.29, 1.82) is 0 Å². The van der Waals surface area contributed by atoms with Crippen LogP contribution in [0, 0.1) is 10.1 Å². The SMILES string of the molecule is CC(CNC(=O)CCNC(=O)c1ccc([N+](=O)[O-])cc1)c1ccccc1. The average molecular weight is 355 g/mol. The van der Waals surface area contributed by atoms with Gasteiger partial charge in [-0.25, -0.2) is 0 Å². The van der Waals surface area contributed by atoms with Crippen LogP contribution in [0.2, 0.25) is 0 Å². The van der Waals surface area contributed by atoms with Crippen LogP contribution >= 0.6 is 0 Å². The molecule has 7 nitrogen and oxygen atoms in total. The Morgan fingerprint density at radius 2 is 1.69 bits per heavy atom. The number of nitro groups is 1. The highest BCUT2D eigenvalue weighted by Gasteiger charge is 2.11. The number of amides is 2. The van der Waals surface area contributed by atoms with E-state index in [1.807, 2.05) is 37.3 Å². The molecule has 0 saturated heterocycles. The molecule has 1 unspecified atom stereocenters. The first kappa shape index (κ1) is 19.1. The van der Waals surface area contributed by atoms with Crippen LogP contribution in [-0.4, -0.2) is 29.8 Å². The number of nitrogens with one attached hydrogen (secondary N) is 2. The van der Waals surface area contributed by atoms with Gasteiger partial charge < -0.3 is 10.6 Å². The van der Waals surface area contributed by atoms with Crippen molar-refractivity contribution in [3.05, 3.63) is 75.8 Å². The number of nitro benzene ring substituents is 1. The van der Waals surface area contributed by atoms with Crippen molar-refractivity contribution in [3.63, 3.8) is 0 Å². The predicted molar refractivity (Wildman–Crippen MR) is 97.9 cm³/mol. The molecule has 0 radical (unpaired) electrons. The minimum absolute atomic E-state index is 0.0755. The smallest absolute Gasteiger partial charge is 0.269 e. The summed E-state index contributed by atoms with van der Waals surface area (Å²) in [6, 6.07) is 15.2. The molecule has 0 aliphatic heterocycles.